The maximum absolute atomic E-state index is 12.9. The van der Waals surface area contributed by atoms with Crippen LogP contribution in [0.25, 0.3) is 0 Å². The number of guanidine groups is 1. The van der Waals surface area contributed by atoms with Gasteiger partial charge in [-0.2, -0.15) is 0 Å². The molecule has 0 saturated carbocycles. The Kier molecular flexibility index (Phi) is 2.73. The Labute approximate surface area is 76.4 Å². The van der Waals surface area contributed by atoms with Crippen LogP contribution >= 0.6 is 0 Å². The van der Waals surface area contributed by atoms with Crippen LogP contribution in [0.5, 0.6) is 0 Å². The summed E-state index contributed by atoms with van der Waals surface area (Å²) in [5.41, 5.74) is 5.24. The van der Waals surface area contributed by atoms with Crippen molar-refractivity contribution in [3.63, 3.8) is 0 Å². The summed E-state index contributed by atoms with van der Waals surface area (Å²) in [7, 11) is 0. The van der Waals surface area contributed by atoms with Crippen molar-refractivity contribution in [3.8, 4) is 0 Å². The van der Waals surface area contributed by atoms with Crippen LogP contribution in [0.1, 0.15) is 19.8 Å². The number of hydrogen-bond acceptors (Lipinski definition) is 1. The monoisotopic (exact) mass is 191 g/mol. The van der Waals surface area contributed by atoms with E-state index in [4.69, 9.17) is 11.1 Å². The molecule has 1 heterocycles. The van der Waals surface area contributed by atoms with E-state index in [0.29, 0.717) is 19.4 Å². The number of likely N-dealkylation sites (tertiary alicyclic amines) is 1. The van der Waals surface area contributed by atoms with Crippen LogP contribution in [0, 0.1) is 11.3 Å². The highest BCUT2D eigenvalue weighted by Crippen LogP contribution is 2.31. The summed E-state index contributed by atoms with van der Waals surface area (Å²) in [6.45, 7) is 1.77. The minimum absolute atomic E-state index is 0.103. The third-order valence-electron chi connectivity index (χ3n) is 2.48. The van der Waals surface area contributed by atoms with Crippen LogP contribution in [0.2, 0.25) is 0 Å². The molecule has 13 heavy (non-hydrogen) atoms. The summed E-state index contributed by atoms with van der Waals surface area (Å²) in [5.74, 6) is -3.42. The fraction of sp³-hybridized carbons (Fsp3) is 0.875. The maximum atomic E-state index is 12.9. The van der Waals surface area contributed by atoms with Gasteiger partial charge in [-0.25, -0.2) is 8.78 Å². The summed E-state index contributed by atoms with van der Waals surface area (Å²) in [6.07, 6.45) is 1.21. The lowest BCUT2D eigenvalue weighted by Gasteiger charge is -2.35. The van der Waals surface area contributed by atoms with Crippen molar-refractivity contribution in [2.75, 3.05) is 13.1 Å². The zero-order valence-electron chi connectivity index (χ0n) is 7.69. The normalized spacial score (nSPS) is 24.5. The maximum Gasteiger partial charge on any atom is 0.249 e. The zero-order chi connectivity index (χ0) is 10.1. The molecule has 0 aromatic rings. The minimum atomic E-state index is -2.66. The van der Waals surface area contributed by atoms with Gasteiger partial charge >= 0.3 is 0 Å². The molecular weight excluding hydrogens is 176 g/mol. The molecule has 0 radical (unpaired) electrons. The summed E-state index contributed by atoms with van der Waals surface area (Å²) in [6, 6.07) is 0. The van der Waals surface area contributed by atoms with Gasteiger partial charge in [-0.3, -0.25) is 5.41 Å². The second-order valence-corrected chi connectivity index (χ2v) is 3.63. The predicted molar refractivity (Wildman–Crippen MR) is 46.8 cm³/mol. The van der Waals surface area contributed by atoms with E-state index in [2.05, 4.69) is 0 Å². The number of nitrogens with zero attached hydrogens (tertiary/aromatic N) is 1. The average Bonchev–Trinajstić information content (AvgIpc) is 2.03. The third kappa shape index (κ3) is 2.54. The van der Waals surface area contributed by atoms with Gasteiger partial charge in [-0.15, -0.1) is 0 Å². The number of hydrogen-bond donors (Lipinski definition) is 2. The van der Waals surface area contributed by atoms with Crippen LogP contribution in [0.4, 0.5) is 8.78 Å². The number of alkyl halides is 2. The summed E-state index contributed by atoms with van der Waals surface area (Å²) < 4.78 is 25.8. The molecule has 0 amide bonds. The van der Waals surface area contributed by atoms with Gasteiger partial charge in [-0.05, 0) is 19.8 Å². The minimum Gasteiger partial charge on any atom is -0.370 e. The van der Waals surface area contributed by atoms with Gasteiger partial charge in [0.15, 0.2) is 5.96 Å². The van der Waals surface area contributed by atoms with Crippen LogP contribution < -0.4 is 5.73 Å². The number of nitrogens with two attached hydrogens (primary N) is 1. The molecule has 5 heteroatoms. The van der Waals surface area contributed by atoms with Crippen LogP contribution in [-0.2, 0) is 0 Å². The Morgan fingerprint density at radius 3 is 2.69 bits per heavy atom. The van der Waals surface area contributed by atoms with Crippen molar-refractivity contribution in [1.29, 1.82) is 5.41 Å². The lowest BCUT2D eigenvalue weighted by Crippen LogP contribution is -2.47. The molecule has 0 aromatic carbocycles. The number of halogens is 2. The molecule has 0 unspecified atom stereocenters. The zero-order valence-corrected chi connectivity index (χ0v) is 7.69. The molecule has 1 rings (SSSR count). The van der Waals surface area contributed by atoms with Gasteiger partial charge in [0.1, 0.15) is 0 Å². The molecule has 1 fully saturated rings. The fourth-order valence-electron chi connectivity index (χ4n) is 1.61. The Morgan fingerprint density at radius 2 is 2.23 bits per heavy atom. The Hall–Kier alpha value is -0.870. The Morgan fingerprint density at radius 1 is 1.62 bits per heavy atom. The molecule has 1 aliphatic heterocycles. The van der Waals surface area contributed by atoms with E-state index >= 15 is 0 Å². The molecule has 3 N–H and O–H groups in total. The largest absolute Gasteiger partial charge is 0.370 e. The van der Waals surface area contributed by atoms with E-state index in [0.717, 1.165) is 6.92 Å². The quantitative estimate of drug-likeness (QED) is 0.484. The standard InChI is InChI=1S/C8H15F2N3/c1-8(9,10)6-3-2-4-13(5-6)7(11)12/h6H,2-5H2,1H3,(H3,11,12)/t6-/m0/s1. The highest BCUT2D eigenvalue weighted by Gasteiger charge is 2.37. The topological polar surface area (TPSA) is 53.1 Å². The molecule has 1 saturated heterocycles. The van der Waals surface area contributed by atoms with Crippen molar-refractivity contribution < 1.29 is 8.78 Å². The van der Waals surface area contributed by atoms with Gasteiger partial charge in [0.2, 0.25) is 5.92 Å². The number of nitrogens with one attached hydrogen (secondary N) is 1. The molecule has 1 aliphatic rings. The van der Waals surface area contributed by atoms with Crippen LogP contribution in [-0.4, -0.2) is 29.9 Å². The number of rotatable bonds is 1. The summed E-state index contributed by atoms with van der Waals surface area (Å²) >= 11 is 0. The van der Waals surface area contributed by atoms with E-state index in [-0.39, 0.29) is 12.5 Å². The lowest BCUT2D eigenvalue weighted by atomic mass is 9.93. The summed E-state index contributed by atoms with van der Waals surface area (Å²) in [4.78, 5) is 1.51. The molecule has 0 bridgehead atoms. The Bertz CT molecular complexity index is 200. The average molecular weight is 191 g/mol. The third-order valence-corrected chi connectivity index (χ3v) is 2.48. The summed E-state index contributed by atoms with van der Waals surface area (Å²) in [5, 5.41) is 7.14. The SMILES string of the molecule is CC(F)(F)[C@H]1CCCN(C(=N)N)C1. The van der Waals surface area contributed by atoms with Crippen molar-refractivity contribution in [3.05, 3.63) is 0 Å². The first-order valence-corrected chi connectivity index (χ1v) is 4.38. The van der Waals surface area contributed by atoms with Gasteiger partial charge in [-0.1, -0.05) is 0 Å². The van der Waals surface area contributed by atoms with Crippen LogP contribution in [0.15, 0.2) is 0 Å². The van der Waals surface area contributed by atoms with Crippen molar-refractivity contribution >= 4 is 5.96 Å². The second-order valence-electron chi connectivity index (χ2n) is 3.63. The van der Waals surface area contributed by atoms with Gasteiger partial charge in [0.05, 0.1) is 0 Å². The van der Waals surface area contributed by atoms with Crippen LogP contribution in [0.3, 0.4) is 0 Å². The fourth-order valence-corrected chi connectivity index (χ4v) is 1.61. The highest BCUT2D eigenvalue weighted by molar-refractivity contribution is 5.74. The highest BCUT2D eigenvalue weighted by atomic mass is 19.3. The molecule has 0 aliphatic carbocycles. The first kappa shape index (κ1) is 10.2. The first-order valence-electron chi connectivity index (χ1n) is 4.38. The van der Waals surface area contributed by atoms with E-state index in [1.54, 1.807) is 0 Å². The molecular formula is C8H15F2N3. The predicted octanol–water partition coefficient (Wildman–Crippen LogP) is 1.25. The van der Waals surface area contributed by atoms with Crippen molar-refractivity contribution in [2.45, 2.75) is 25.7 Å². The molecule has 0 aromatic heterocycles. The Balaban J connectivity index is 2.57. The smallest absolute Gasteiger partial charge is 0.249 e. The molecule has 1 atom stereocenters. The van der Waals surface area contributed by atoms with E-state index in [9.17, 15) is 8.78 Å². The molecule has 76 valence electrons. The molecule has 0 spiro atoms. The van der Waals surface area contributed by atoms with E-state index < -0.39 is 11.8 Å². The van der Waals surface area contributed by atoms with E-state index in [1.807, 2.05) is 0 Å². The molecule has 3 nitrogen and oxygen atoms in total. The first-order chi connectivity index (χ1) is 5.91. The second kappa shape index (κ2) is 3.47. The van der Waals surface area contributed by atoms with Gasteiger partial charge in [0, 0.05) is 19.0 Å². The van der Waals surface area contributed by atoms with Gasteiger partial charge in [0.25, 0.3) is 0 Å². The van der Waals surface area contributed by atoms with Crippen molar-refractivity contribution in [2.24, 2.45) is 11.7 Å². The van der Waals surface area contributed by atoms with Crippen molar-refractivity contribution in [1.82, 2.24) is 4.90 Å². The van der Waals surface area contributed by atoms with E-state index in [1.165, 1.54) is 4.90 Å². The number of piperidine rings is 1. The van der Waals surface area contributed by atoms with Gasteiger partial charge < -0.3 is 10.6 Å². The lowest BCUT2D eigenvalue weighted by molar-refractivity contribution is -0.0582.